The molecule has 26 heavy (non-hydrogen) atoms. The van der Waals surface area contributed by atoms with Crippen LogP contribution >= 0.6 is 0 Å². The Kier molecular flexibility index (Phi) is 5.02. The van der Waals surface area contributed by atoms with Crippen LogP contribution in [0.2, 0.25) is 0 Å². The maximum Gasteiger partial charge on any atom is 0.271 e. The van der Waals surface area contributed by atoms with E-state index in [2.05, 4.69) is 20.6 Å². The van der Waals surface area contributed by atoms with Crippen LogP contribution in [0.1, 0.15) is 23.0 Å². The summed E-state index contributed by atoms with van der Waals surface area (Å²) in [5, 5.41) is 5.25. The highest BCUT2D eigenvalue weighted by molar-refractivity contribution is 5.92. The third-order valence-corrected chi connectivity index (χ3v) is 3.55. The standard InChI is InChI=1S/C18H16FN5O2/c1-12(25)23-14-6-7-17(20-9-14)24-10-16(22-11-24)18(26)21-8-13-4-2-3-5-15(13)19/h2-7,9-11H,8H2,1H3,(H,21,26)(H,23,25). The molecular weight excluding hydrogens is 337 g/mol. The third kappa shape index (κ3) is 4.10. The SMILES string of the molecule is CC(=O)Nc1ccc(-n2cnc(C(=O)NCc3ccccc3F)c2)nc1. The van der Waals surface area contributed by atoms with E-state index in [4.69, 9.17) is 0 Å². The highest BCUT2D eigenvalue weighted by atomic mass is 19.1. The molecule has 0 unspecified atom stereocenters. The Morgan fingerprint density at radius 1 is 1.15 bits per heavy atom. The van der Waals surface area contributed by atoms with Crippen LogP contribution in [0.5, 0.6) is 0 Å². The summed E-state index contributed by atoms with van der Waals surface area (Å²) in [6.07, 6.45) is 4.49. The zero-order valence-corrected chi connectivity index (χ0v) is 13.9. The summed E-state index contributed by atoms with van der Waals surface area (Å²) in [5.74, 6) is -0.431. The molecule has 1 aromatic carbocycles. The van der Waals surface area contributed by atoms with Crippen molar-refractivity contribution in [2.75, 3.05) is 5.32 Å². The number of hydrogen-bond donors (Lipinski definition) is 2. The van der Waals surface area contributed by atoms with E-state index in [9.17, 15) is 14.0 Å². The van der Waals surface area contributed by atoms with Gasteiger partial charge in [0.05, 0.1) is 11.9 Å². The molecular formula is C18H16FN5O2. The minimum absolute atomic E-state index is 0.0715. The lowest BCUT2D eigenvalue weighted by molar-refractivity contribution is -0.114. The van der Waals surface area contributed by atoms with Gasteiger partial charge in [0.1, 0.15) is 23.7 Å². The summed E-state index contributed by atoms with van der Waals surface area (Å²) < 4.78 is 15.2. The molecule has 0 aliphatic carbocycles. The van der Waals surface area contributed by atoms with Crippen molar-refractivity contribution in [3.8, 4) is 5.82 Å². The van der Waals surface area contributed by atoms with E-state index in [1.807, 2.05) is 0 Å². The number of benzene rings is 1. The van der Waals surface area contributed by atoms with Gasteiger partial charge >= 0.3 is 0 Å². The van der Waals surface area contributed by atoms with Crippen LogP contribution < -0.4 is 10.6 Å². The summed E-state index contributed by atoms with van der Waals surface area (Å²) in [7, 11) is 0. The van der Waals surface area contributed by atoms with Gasteiger partial charge in [0.15, 0.2) is 0 Å². The molecule has 3 rings (SSSR count). The summed E-state index contributed by atoms with van der Waals surface area (Å²) >= 11 is 0. The lowest BCUT2D eigenvalue weighted by Gasteiger charge is -2.05. The molecule has 2 heterocycles. The summed E-state index contributed by atoms with van der Waals surface area (Å²) in [6, 6.07) is 9.62. The lowest BCUT2D eigenvalue weighted by atomic mass is 10.2. The number of carbonyl (C=O) groups is 2. The van der Waals surface area contributed by atoms with Crippen LogP contribution in [0.3, 0.4) is 0 Å². The van der Waals surface area contributed by atoms with E-state index in [-0.39, 0.29) is 24.0 Å². The number of nitrogens with zero attached hydrogens (tertiary/aromatic N) is 3. The number of amides is 2. The number of hydrogen-bond acceptors (Lipinski definition) is 4. The molecule has 7 nitrogen and oxygen atoms in total. The van der Waals surface area contributed by atoms with Crippen LogP contribution in [0.4, 0.5) is 10.1 Å². The number of anilines is 1. The summed E-state index contributed by atoms with van der Waals surface area (Å²) in [5.41, 5.74) is 1.16. The molecule has 0 radical (unpaired) electrons. The van der Waals surface area contributed by atoms with Crippen molar-refractivity contribution in [3.05, 3.63) is 72.2 Å². The highest BCUT2D eigenvalue weighted by Gasteiger charge is 2.11. The Morgan fingerprint density at radius 2 is 1.96 bits per heavy atom. The van der Waals surface area contributed by atoms with Crippen molar-refractivity contribution < 1.29 is 14.0 Å². The molecule has 2 amide bonds. The van der Waals surface area contributed by atoms with Gasteiger partial charge < -0.3 is 10.6 Å². The maximum atomic E-state index is 13.6. The van der Waals surface area contributed by atoms with Gasteiger partial charge in [-0.25, -0.2) is 14.4 Å². The molecule has 2 aromatic heterocycles. The molecule has 0 bridgehead atoms. The Bertz CT molecular complexity index is 937. The molecule has 0 spiro atoms. The van der Waals surface area contributed by atoms with Gasteiger partial charge in [-0.2, -0.15) is 0 Å². The van der Waals surface area contributed by atoms with E-state index in [1.54, 1.807) is 34.9 Å². The van der Waals surface area contributed by atoms with Crippen LogP contribution in [0.15, 0.2) is 55.1 Å². The fraction of sp³-hybridized carbons (Fsp3) is 0.111. The van der Waals surface area contributed by atoms with Gasteiger partial charge in [0.2, 0.25) is 5.91 Å². The second kappa shape index (κ2) is 7.56. The van der Waals surface area contributed by atoms with Gasteiger partial charge in [0.25, 0.3) is 5.91 Å². The predicted molar refractivity (Wildman–Crippen MR) is 93.2 cm³/mol. The predicted octanol–water partition coefficient (Wildman–Crippen LogP) is 2.29. The van der Waals surface area contributed by atoms with Crippen molar-refractivity contribution in [2.45, 2.75) is 13.5 Å². The molecule has 0 saturated heterocycles. The normalized spacial score (nSPS) is 10.4. The molecule has 3 aromatic rings. The maximum absolute atomic E-state index is 13.6. The Morgan fingerprint density at radius 3 is 2.65 bits per heavy atom. The second-order valence-electron chi connectivity index (χ2n) is 5.53. The zero-order valence-electron chi connectivity index (χ0n) is 13.9. The average Bonchev–Trinajstić information content (AvgIpc) is 3.11. The third-order valence-electron chi connectivity index (χ3n) is 3.55. The van der Waals surface area contributed by atoms with E-state index in [1.165, 1.54) is 31.7 Å². The van der Waals surface area contributed by atoms with Crippen molar-refractivity contribution in [1.82, 2.24) is 19.9 Å². The summed E-state index contributed by atoms with van der Waals surface area (Å²) in [4.78, 5) is 31.4. The van der Waals surface area contributed by atoms with Crippen LogP contribution in [0.25, 0.3) is 5.82 Å². The smallest absolute Gasteiger partial charge is 0.271 e. The summed E-state index contributed by atoms with van der Waals surface area (Å²) in [6.45, 7) is 1.48. The van der Waals surface area contributed by atoms with Gasteiger partial charge in [-0.15, -0.1) is 0 Å². The van der Waals surface area contributed by atoms with Crippen LogP contribution in [-0.2, 0) is 11.3 Å². The largest absolute Gasteiger partial charge is 0.346 e. The Hall–Kier alpha value is -3.55. The minimum Gasteiger partial charge on any atom is -0.346 e. The molecule has 0 aliphatic rings. The molecule has 0 saturated carbocycles. The van der Waals surface area contributed by atoms with E-state index in [0.29, 0.717) is 17.1 Å². The number of rotatable bonds is 5. The first kappa shape index (κ1) is 17.3. The van der Waals surface area contributed by atoms with E-state index >= 15 is 0 Å². The molecule has 0 atom stereocenters. The number of imidazole rings is 1. The first-order chi connectivity index (χ1) is 12.5. The van der Waals surface area contributed by atoms with Gasteiger partial charge in [-0.05, 0) is 18.2 Å². The van der Waals surface area contributed by atoms with E-state index < -0.39 is 5.91 Å². The lowest BCUT2D eigenvalue weighted by Crippen LogP contribution is -2.23. The fourth-order valence-electron chi connectivity index (χ4n) is 2.29. The van der Waals surface area contributed by atoms with Crippen LogP contribution in [0, 0.1) is 5.82 Å². The molecule has 0 fully saturated rings. The zero-order chi connectivity index (χ0) is 18.5. The van der Waals surface area contributed by atoms with E-state index in [0.717, 1.165) is 0 Å². The molecule has 2 N–H and O–H groups in total. The quantitative estimate of drug-likeness (QED) is 0.737. The first-order valence-corrected chi connectivity index (χ1v) is 7.82. The van der Waals surface area contributed by atoms with Crippen molar-refractivity contribution in [1.29, 1.82) is 0 Å². The van der Waals surface area contributed by atoms with Gasteiger partial charge in [0, 0.05) is 25.2 Å². The minimum atomic E-state index is -0.415. The number of aromatic nitrogens is 3. The highest BCUT2D eigenvalue weighted by Crippen LogP contribution is 2.11. The number of nitrogens with one attached hydrogen (secondary N) is 2. The molecule has 0 aliphatic heterocycles. The first-order valence-electron chi connectivity index (χ1n) is 7.82. The van der Waals surface area contributed by atoms with Gasteiger partial charge in [-0.1, -0.05) is 18.2 Å². The Balaban J connectivity index is 1.66. The van der Waals surface area contributed by atoms with Gasteiger partial charge in [-0.3, -0.25) is 14.2 Å². The van der Waals surface area contributed by atoms with Crippen molar-refractivity contribution >= 4 is 17.5 Å². The van der Waals surface area contributed by atoms with Crippen molar-refractivity contribution in [3.63, 3.8) is 0 Å². The van der Waals surface area contributed by atoms with Crippen molar-refractivity contribution in [2.24, 2.45) is 0 Å². The number of carbonyl (C=O) groups excluding carboxylic acids is 2. The fourth-order valence-corrected chi connectivity index (χ4v) is 2.29. The average molecular weight is 353 g/mol. The monoisotopic (exact) mass is 353 g/mol. The number of halogens is 1. The molecule has 132 valence electrons. The molecule has 8 heteroatoms. The second-order valence-corrected chi connectivity index (χ2v) is 5.53. The Labute approximate surface area is 148 Å². The topological polar surface area (TPSA) is 88.9 Å². The van der Waals surface area contributed by atoms with Crippen LogP contribution in [-0.4, -0.2) is 26.3 Å². The number of pyridine rings is 1.